The lowest BCUT2D eigenvalue weighted by atomic mass is 9.96. The maximum Gasteiger partial charge on any atom is 0.0409 e. The van der Waals surface area contributed by atoms with Crippen molar-refractivity contribution in [2.24, 2.45) is 0 Å². The largest absolute Gasteiger partial charge is 0.313 e. The van der Waals surface area contributed by atoms with Crippen LogP contribution in [0.1, 0.15) is 22.7 Å². The van der Waals surface area contributed by atoms with Crippen molar-refractivity contribution in [1.29, 1.82) is 0 Å². The summed E-state index contributed by atoms with van der Waals surface area (Å²) in [6.07, 6.45) is 4.61. The first-order valence-corrected chi connectivity index (χ1v) is 6.40. The Kier molecular flexibility index (Phi) is 4.34. The molecule has 2 rings (SSSR count). The van der Waals surface area contributed by atoms with Crippen molar-refractivity contribution in [3.63, 3.8) is 0 Å². The second-order valence-corrected chi connectivity index (χ2v) is 4.84. The molecule has 0 amide bonds. The number of nitrogens with zero attached hydrogens (tertiary/aromatic N) is 1. The molecule has 0 radical (unpaired) electrons. The number of pyridine rings is 1. The molecule has 0 spiro atoms. The molecule has 1 heterocycles. The Balaban J connectivity index is 2.26. The lowest BCUT2D eigenvalue weighted by Gasteiger charge is -2.19. The Bertz CT molecular complexity index is 511. The number of nitrogens with one attached hydrogen (secondary N) is 1. The highest BCUT2D eigenvalue weighted by Crippen LogP contribution is 2.24. The molecule has 1 unspecified atom stereocenters. The molecule has 3 heteroatoms. The standard InChI is InChI=1S/C15H17ClN2/c1-11-5-6-13(16)9-14(11)15(17-2)8-12-4-3-7-18-10-12/h3-7,9-10,15,17H,8H2,1-2H3. The van der Waals surface area contributed by atoms with Gasteiger partial charge in [-0.1, -0.05) is 23.7 Å². The minimum absolute atomic E-state index is 0.257. The zero-order chi connectivity index (χ0) is 13.0. The zero-order valence-corrected chi connectivity index (χ0v) is 11.4. The SMILES string of the molecule is CNC(Cc1cccnc1)c1cc(Cl)ccc1C. The number of likely N-dealkylation sites (N-methyl/N-ethyl adjacent to an activating group) is 1. The van der Waals surface area contributed by atoms with Gasteiger partial charge in [0, 0.05) is 23.5 Å². The zero-order valence-electron chi connectivity index (χ0n) is 10.7. The first-order valence-electron chi connectivity index (χ1n) is 6.03. The average Bonchev–Trinajstić information content (AvgIpc) is 2.40. The van der Waals surface area contributed by atoms with Crippen LogP contribution >= 0.6 is 11.6 Å². The Morgan fingerprint density at radius 2 is 2.17 bits per heavy atom. The van der Waals surface area contributed by atoms with E-state index in [2.05, 4.69) is 29.4 Å². The Hall–Kier alpha value is -1.38. The molecule has 18 heavy (non-hydrogen) atoms. The number of hydrogen-bond donors (Lipinski definition) is 1. The number of rotatable bonds is 4. The maximum atomic E-state index is 6.08. The van der Waals surface area contributed by atoms with Crippen molar-refractivity contribution in [1.82, 2.24) is 10.3 Å². The fraction of sp³-hybridized carbons (Fsp3) is 0.267. The third-order valence-electron chi connectivity index (χ3n) is 3.13. The van der Waals surface area contributed by atoms with Gasteiger partial charge in [0.05, 0.1) is 0 Å². The molecule has 2 nitrogen and oxygen atoms in total. The number of aryl methyl sites for hydroxylation is 1. The molecule has 0 aliphatic rings. The third-order valence-corrected chi connectivity index (χ3v) is 3.36. The molecule has 2 aromatic rings. The van der Waals surface area contributed by atoms with Gasteiger partial charge in [-0.15, -0.1) is 0 Å². The van der Waals surface area contributed by atoms with Crippen LogP contribution in [0, 0.1) is 6.92 Å². The lowest BCUT2D eigenvalue weighted by Crippen LogP contribution is -2.19. The van der Waals surface area contributed by atoms with Gasteiger partial charge in [0.25, 0.3) is 0 Å². The molecule has 0 saturated carbocycles. The van der Waals surface area contributed by atoms with Gasteiger partial charge < -0.3 is 5.32 Å². The average molecular weight is 261 g/mol. The molecule has 0 fully saturated rings. The number of halogens is 1. The van der Waals surface area contributed by atoms with Gasteiger partial charge >= 0.3 is 0 Å². The highest BCUT2D eigenvalue weighted by Gasteiger charge is 2.13. The van der Waals surface area contributed by atoms with Gasteiger partial charge in [0.15, 0.2) is 0 Å². The van der Waals surface area contributed by atoms with Crippen LogP contribution < -0.4 is 5.32 Å². The van der Waals surface area contributed by atoms with Crippen LogP contribution in [0.4, 0.5) is 0 Å². The first kappa shape index (κ1) is 13.1. The summed E-state index contributed by atoms with van der Waals surface area (Å²) in [4.78, 5) is 4.15. The summed E-state index contributed by atoms with van der Waals surface area (Å²) in [6.45, 7) is 2.11. The van der Waals surface area contributed by atoms with Crippen molar-refractivity contribution >= 4 is 11.6 Å². The van der Waals surface area contributed by atoms with Gasteiger partial charge in [-0.3, -0.25) is 4.98 Å². The molecule has 1 atom stereocenters. The lowest BCUT2D eigenvalue weighted by molar-refractivity contribution is 0.588. The number of benzene rings is 1. The van der Waals surface area contributed by atoms with Crippen LogP contribution in [0.25, 0.3) is 0 Å². The van der Waals surface area contributed by atoms with E-state index in [1.165, 1.54) is 16.7 Å². The maximum absolute atomic E-state index is 6.08. The molecule has 0 saturated heterocycles. The normalized spacial score (nSPS) is 12.4. The van der Waals surface area contributed by atoms with Crippen LogP contribution in [-0.4, -0.2) is 12.0 Å². The molecular formula is C15H17ClN2. The molecule has 0 aliphatic heterocycles. The van der Waals surface area contributed by atoms with Crippen LogP contribution in [0.5, 0.6) is 0 Å². The fourth-order valence-electron chi connectivity index (χ4n) is 2.11. The van der Waals surface area contributed by atoms with E-state index < -0.39 is 0 Å². The van der Waals surface area contributed by atoms with E-state index in [-0.39, 0.29) is 6.04 Å². The highest BCUT2D eigenvalue weighted by molar-refractivity contribution is 6.30. The van der Waals surface area contributed by atoms with Gasteiger partial charge in [-0.05, 0) is 55.3 Å². The summed E-state index contributed by atoms with van der Waals surface area (Å²) < 4.78 is 0. The van der Waals surface area contributed by atoms with E-state index >= 15 is 0 Å². The van der Waals surface area contributed by atoms with Crippen LogP contribution in [-0.2, 0) is 6.42 Å². The summed E-state index contributed by atoms with van der Waals surface area (Å²) in [7, 11) is 1.97. The molecule has 1 aromatic carbocycles. The summed E-state index contributed by atoms with van der Waals surface area (Å²) in [5, 5.41) is 4.13. The first-order chi connectivity index (χ1) is 8.70. The molecule has 0 aliphatic carbocycles. The Morgan fingerprint density at radius 3 is 2.83 bits per heavy atom. The predicted molar refractivity (Wildman–Crippen MR) is 75.9 cm³/mol. The summed E-state index contributed by atoms with van der Waals surface area (Å²) in [5.74, 6) is 0. The number of hydrogen-bond acceptors (Lipinski definition) is 2. The van der Waals surface area contributed by atoms with Crippen molar-refractivity contribution in [3.8, 4) is 0 Å². The van der Waals surface area contributed by atoms with Gasteiger partial charge in [0.1, 0.15) is 0 Å². The van der Waals surface area contributed by atoms with Crippen molar-refractivity contribution < 1.29 is 0 Å². The minimum atomic E-state index is 0.257. The van der Waals surface area contributed by atoms with Crippen LogP contribution in [0.2, 0.25) is 5.02 Å². The highest BCUT2D eigenvalue weighted by atomic mass is 35.5. The van der Waals surface area contributed by atoms with E-state index in [9.17, 15) is 0 Å². The topological polar surface area (TPSA) is 24.9 Å². The van der Waals surface area contributed by atoms with Gasteiger partial charge in [-0.2, -0.15) is 0 Å². The Morgan fingerprint density at radius 1 is 1.33 bits per heavy atom. The summed E-state index contributed by atoms with van der Waals surface area (Å²) in [5.41, 5.74) is 3.72. The predicted octanol–water partition coefficient (Wildman–Crippen LogP) is 3.55. The molecule has 1 aromatic heterocycles. The van der Waals surface area contributed by atoms with E-state index in [0.29, 0.717) is 0 Å². The van der Waals surface area contributed by atoms with Gasteiger partial charge in [-0.25, -0.2) is 0 Å². The monoisotopic (exact) mass is 260 g/mol. The van der Waals surface area contributed by atoms with E-state index in [4.69, 9.17) is 11.6 Å². The molecule has 94 valence electrons. The van der Waals surface area contributed by atoms with Crippen LogP contribution in [0.3, 0.4) is 0 Å². The minimum Gasteiger partial charge on any atom is -0.313 e. The molecule has 0 bridgehead atoms. The van der Waals surface area contributed by atoms with Gasteiger partial charge in [0.2, 0.25) is 0 Å². The third kappa shape index (κ3) is 3.09. The second-order valence-electron chi connectivity index (χ2n) is 4.41. The van der Waals surface area contributed by atoms with Crippen LogP contribution in [0.15, 0.2) is 42.7 Å². The van der Waals surface area contributed by atoms with Crippen molar-refractivity contribution in [2.45, 2.75) is 19.4 Å². The summed E-state index contributed by atoms with van der Waals surface area (Å²) in [6, 6.07) is 10.3. The second kappa shape index (κ2) is 5.98. The van der Waals surface area contributed by atoms with E-state index in [1.54, 1.807) is 6.20 Å². The smallest absolute Gasteiger partial charge is 0.0409 e. The molecule has 1 N–H and O–H groups in total. The van der Waals surface area contributed by atoms with Crippen molar-refractivity contribution in [3.05, 3.63) is 64.4 Å². The van der Waals surface area contributed by atoms with Crippen molar-refractivity contribution in [2.75, 3.05) is 7.05 Å². The van der Waals surface area contributed by atoms with E-state index in [1.807, 2.05) is 31.4 Å². The van der Waals surface area contributed by atoms with E-state index in [0.717, 1.165) is 11.4 Å². The fourth-order valence-corrected chi connectivity index (χ4v) is 2.29. The quantitative estimate of drug-likeness (QED) is 0.910. The number of aromatic nitrogens is 1. The Labute approximate surface area is 113 Å². The molecular weight excluding hydrogens is 244 g/mol. The summed E-state index contributed by atoms with van der Waals surface area (Å²) >= 11 is 6.08.